The average molecular weight is 200 g/mol. The van der Waals surface area contributed by atoms with Gasteiger partial charge in [0.2, 0.25) is 0 Å². The molecule has 2 rings (SSSR count). The molecule has 1 aromatic heterocycles. The Morgan fingerprint density at radius 1 is 1.27 bits per heavy atom. The van der Waals surface area contributed by atoms with Crippen LogP contribution in [0, 0.1) is 0 Å². The van der Waals surface area contributed by atoms with Crippen molar-refractivity contribution in [2.24, 2.45) is 0 Å². The van der Waals surface area contributed by atoms with Crippen LogP contribution in [0.5, 0.6) is 0 Å². The van der Waals surface area contributed by atoms with Crippen molar-refractivity contribution in [2.45, 2.75) is 26.3 Å². The molecule has 0 spiro atoms. The van der Waals surface area contributed by atoms with E-state index in [0.29, 0.717) is 5.92 Å². The van der Waals surface area contributed by atoms with Crippen molar-refractivity contribution >= 4 is 0 Å². The number of benzene rings is 1. The largest absolute Gasteiger partial charge is 0.335 e. The van der Waals surface area contributed by atoms with Gasteiger partial charge in [0.15, 0.2) is 0 Å². The summed E-state index contributed by atoms with van der Waals surface area (Å²) in [7, 11) is 0. The van der Waals surface area contributed by atoms with E-state index in [9.17, 15) is 0 Å². The lowest BCUT2D eigenvalue weighted by atomic mass is 10.0. The Hall–Kier alpha value is -1.57. The molecule has 2 heteroatoms. The summed E-state index contributed by atoms with van der Waals surface area (Å²) in [6.07, 6.45) is 3.91. The van der Waals surface area contributed by atoms with Crippen LogP contribution in [0.15, 0.2) is 42.7 Å². The molecule has 0 saturated carbocycles. The molecule has 15 heavy (non-hydrogen) atoms. The molecule has 0 aliphatic carbocycles. The molecular formula is C13H16N2. The zero-order valence-corrected chi connectivity index (χ0v) is 9.22. The smallest absolute Gasteiger partial charge is 0.115 e. The molecule has 0 saturated heterocycles. The minimum Gasteiger partial charge on any atom is -0.335 e. The predicted octanol–water partition coefficient (Wildman–Crippen LogP) is 3.05. The summed E-state index contributed by atoms with van der Waals surface area (Å²) in [4.78, 5) is 4.43. The molecule has 1 atom stereocenters. The normalized spacial score (nSPS) is 12.7. The Morgan fingerprint density at radius 3 is 2.67 bits per heavy atom. The molecular weight excluding hydrogens is 184 g/mol. The van der Waals surface area contributed by atoms with E-state index in [1.54, 1.807) is 0 Å². The van der Waals surface area contributed by atoms with Crippen LogP contribution in [0.3, 0.4) is 0 Å². The van der Waals surface area contributed by atoms with Gasteiger partial charge < -0.3 is 4.57 Å². The quantitative estimate of drug-likeness (QED) is 0.744. The van der Waals surface area contributed by atoms with Crippen LogP contribution in [0.25, 0.3) is 0 Å². The van der Waals surface area contributed by atoms with E-state index in [2.05, 4.69) is 47.7 Å². The van der Waals surface area contributed by atoms with Crippen LogP contribution in [0.2, 0.25) is 0 Å². The van der Waals surface area contributed by atoms with Gasteiger partial charge in [0.1, 0.15) is 5.82 Å². The minimum absolute atomic E-state index is 0.362. The second-order valence-corrected chi connectivity index (χ2v) is 3.70. The Balaban J connectivity index is 2.32. The molecule has 0 aliphatic rings. The topological polar surface area (TPSA) is 17.8 Å². The van der Waals surface area contributed by atoms with Gasteiger partial charge in [-0.3, -0.25) is 0 Å². The highest BCUT2D eigenvalue weighted by atomic mass is 15.1. The molecule has 0 radical (unpaired) electrons. The van der Waals surface area contributed by atoms with Crippen molar-refractivity contribution < 1.29 is 0 Å². The van der Waals surface area contributed by atoms with E-state index in [1.165, 1.54) is 5.56 Å². The lowest BCUT2D eigenvalue weighted by Crippen LogP contribution is -2.06. The summed E-state index contributed by atoms with van der Waals surface area (Å²) in [6, 6.07) is 10.5. The first-order chi connectivity index (χ1) is 7.33. The third-order valence-corrected chi connectivity index (χ3v) is 2.78. The summed E-state index contributed by atoms with van der Waals surface area (Å²) in [5, 5.41) is 0. The molecule has 78 valence electrons. The van der Waals surface area contributed by atoms with E-state index in [1.807, 2.05) is 18.5 Å². The van der Waals surface area contributed by atoms with Gasteiger partial charge in [-0.05, 0) is 12.5 Å². The van der Waals surface area contributed by atoms with E-state index in [-0.39, 0.29) is 0 Å². The Labute approximate surface area is 90.6 Å². The molecule has 0 unspecified atom stereocenters. The fourth-order valence-electron chi connectivity index (χ4n) is 1.86. The lowest BCUT2D eigenvalue weighted by molar-refractivity contribution is 0.669. The van der Waals surface area contributed by atoms with E-state index >= 15 is 0 Å². The van der Waals surface area contributed by atoms with Crippen LogP contribution in [-0.4, -0.2) is 9.55 Å². The second kappa shape index (κ2) is 4.30. The zero-order chi connectivity index (χ0) is 10.7. The SMILES string of the molecule is CCn1ccnc1[C@H](C)c1ccccc1. The number of aryl methyl sites for hydroxylation is 1. The number of hydrogen-bond donors (Lipinski definition) is 0. The maximum Gasteiger partial charge on any atom is 0.115 e. The third kappa shape index (κ3) is 1.94. The Kier molecular flexibility index (Phi) is 2.86. The van der Waals surface area contributed by atoms with Gasteiger partial charge >= 0.3 is 0 Å². The second-order valence-electron chi connectivity index (χ2n) is 3.70. The molecule has 0 bridgehead atoms. The number of nitrogens with zero attached hydrogens (tertiary/aromatic N) is 2. The van der Waals surface area contributed by atoms with Gasteiger partial charge in [0.25, 0.3) is 0 Å². The summed E-state index contributed by atoms with van der Waals surface area (Å²) in [5.74, 6) is 1.50. The van der Waals surface area contributed by atoms with Crippen LogP contribution < -0.4 is 0 Å². The third-order valence-electron chi connectivity index (χ3n) is 2.78. The molecule has 0 aliphatic heterocycles. The Morgan fingerprint density at radius 2 is 2.00 bits per heavy atom. The van der Waals surface area contributed by atoms with Crippen molar-refractivity contribution in [1.29, 1.82) is 0 Å². The van der Waals surface area contributed by atoms with Gasteiger partial charge in [0, 0.05) is 24.9 Å². The van der Waals surface area contributed by atoms with Gasteiger partial charge in [-0.1, -0.05) is 37.3 Å². The Bertz CT molecular complexity index is 417. The predicted molar refractivity (Wildman–Crippen MR) is 61.9 cm³/mol. The zero-order valence-electron chi connectivity index (χ0n) is 9.22. The first-order valence-corrected chi connectivity index (χ1v) is 5.39. The van der Waals surface area contributed by atoms with Crippen LogP contribution in [-0.2, 0) is 6.54 Å². The molecule has 1 heterocycles. The van der Waals surface area contributed by atoms with Crippen LogP contribution in [0.4, 0.5) is 0 Å². The van der Waals surface area contributed by atoms with Gasteiger partial charge in [0.05, 0.1) is 0 Å². The molecule has 0 amide bonds. The maximum atomic E-state index is 4.43. The van der Waals surface area contributed by atoms with Crippen LogP contribution >= 0.6 is 0 Å². The first-order valence-electron chi connectivity index (χ1n) is 5.39. The molecule has 0 fully saturated rings. The number of imidazole rings is 1. The molecule has 0 N–H and O–H groups in total. The highest BCUT2D eigenvalue weighted by molar-refractivity contribution is 5.24. The van der Waals surface area contributed by atoms with Gasteiger partial charge in [-0.25, -0.2) is 4.98 Å². The minimum atomic E-state index is 0.362. The number of hydrogen-bond acceptors (Lipinski definition) is 1. The van der Waals surface area contributed by atoms with Gasteiger partial charge in [-0.2, -0.15) is 0 Å². The summed E-state index contributed by atoms with van der Waals surface area (Å²) >= 11 is 0. The highest BCUT2D eigenvalue weighted by Crippen LogP contribution is 2.22. The van der Waals surface area contributed by atoms with Crippen molar-refractivity contribution in [3.05, 3.63) is 54.1 Å². The summed E-state index contributed by atoms with van der Waals surface area (Å²) in [5.41, 5.74) is 1.32. The maximum absolute atomic E-state index is 4.43. The first kappa shape index (κ1) is 9.97. The summed E-state index contributed by atoms with van der Waals surface area (Å²) in [6.45, 7) is 5.32. The highest BCUT2D eigenvalue weighted by Gasteiger charge is 2.12. The standard InChI is InChI=1S/C13H16N2/c1-3-15-10-9-14-13(15)11(2)12-7-5-4-6-8-12/h4-11H,3H2,1-2H3/t11-/m1/s1. The number of rotatable bonds is 3. The molecule has 2 nitrogen and oxygen atoms in total. The molecule has 1 aromatic carbocycles. The van der Waals surface area contributed by atoms with Gasteiger partial charge in [-0.15, -0.1) is 0 Å². The summed E-state index contributed by atoms with van der Waals surface area (Å²) < 4.78 is 2.19. The molecule has 2 aromatic rings. The van der Waals surface area contributed by atoms with Crippen molar-refractivity contribution in [1.82, 2.24) is 9.55 Å². The lowest BCUT2D eigenvalue weighted by Gasteiger charge is -2.12. The van der Waals surface area contributed by atoms with Crippen molar-refractivity contribution in [2.75, 3.05) is 0 Å². The van der Waals surface area contributed by atoms with Crippen molar-refractivity contribution in [3.63, 3.8) is 0 Å². The average Bonchev–Trinajstić information content (AvgIpc) is 2.77. The van der Waals surface area contributed by atoms with E-state index in [4.69, 9.17) is 0 Å². The monoisotopic (exact) mass is 200 g/mol. The van der Waals surface area contributed by atoms with E-state index < -0.39 is 0 Å². The van der Waals surface area contributed by atoms with Crippen LogP contribution in [0.1, 0.15) is 31.2 Å². The van der Waals surface area contributed by atoms with Crippen molar-refractivity contribution in [3.8, 4) is 0 Å². The van der Waals surface area contributed by atoms with E-state index in [0.717, 1.165) is 12.4 Å². The number of aromatic nitrogens is 2. The fraction of sp³-hybridized carbons (Fsp3) is 0.308. The fourth-order valence-corrected chi connectivity index (χ4v) is 1.86.